The average molecular weight is 406 g/mol. The molecule has 102 valence electrons. The van der Waals surface area contributed by atoms with Crippen LogP contribution in [-0.4, -0.2) is 9.55 Å². The minimum atomic E-state index is -0.975. The van der Waals surface area contributed by atoms with Gasteiger partial charge < -0.3 is 5.73 Å². The molecule has 0 amide bonds. The Kier molecular flexibility index (Phi) is 3.29. The zero-order valence-corrected chi connectivity index (χ0v) is 12.8. The highest BCUT2D eigenvalue weighted by Crippen LogP contribution is 2.30. The van der Waals surface area contributed by atoms with E-state index in [1.807, 2.05) is 0 Å². The van der Waals surface area contributed by atoms with Crippen molar-refractivity contribution in [3.05, 3.63) is 50.6 Å². The number of benzene rings is 2. The number of imidazole rings is 1. The Hall–Kier alpha value is -1.41. The third-order valence-corrected chi connectivity index (χ3v) is 3.99. The Balaban J connectivity index is 2.41. The Morgan fingerprint density at radius 1 is 1.20 bits per heavy atom. The molecule has 3 aromatic rings. The molecule has 0 saturated heterocycles. The maximum Gasteiger partial charge on any atom is 0.206 e. The molecular weight excluding hydrogens is 399 g/mol. The van der Waals surface area contributed by atoms with Gasteiger partial charge in [-0.05, 0) is 52.9 Å². The van der Waals surface area contributed by atoms with Crippen LogP contribution in [0.25, 0.3) is 16.7 Å². The molecule has 0 atom stereocenters. The number of rotatable bonds is 1. The quantitative estimate of drug-likeness (QED) is 0.618. The summed E-state index contributed by atoms with van der Waals surface area (Å²) in [6, 6.07) is 7.47. The first-order valence-corrected chi connectivity index (χ1v) is 7.02. The number of nitrogens with zero attached hydrogens (tertiary/aromatic N) is 2. The Labute approximate surface area is 131 Å². The highest BCUT2D eigenvalue weighted by Gasteiger charge is 2.18. The zero-order valence-electron chi connectivity index (χ0n) is 9.87. The summed E-state index contributed by atoms with van der Waals surface area (Å²) in [5.74, 6) is -1.83. The molecule has 7 heteroatoms. The van der Waals surface area contributed by atoms with Crippen molar-refractivity contribution < 1.29 is 8.78 Å². The molecule has 0 bridgehead atoms. The van der Waals surface area contributed by atoms with Crippen molar-refractivity contribution in [2.24, 2.45) is 0 Å². The van der Waals surface area contributed by atoms with Gasteiger partial charge in [0.1, 0.15) is 5.52 Å². The fourth-order valence-electron chi connectivity index (χ4n) is 2.03. The lowest BCUT2D eigenvalue weighted by molar-refractivity contribution is 0.514. The first kappa shape index (κ1) is 13.6. The molecule has 2 aromatic carbocycles. The summed E-state index contributed by atoms with van der Waals surface area (Å²) in [6.07, 6.45) is 0. The van der Waals surface area contributed by atoms with E-state index in [9.17, 15) is 8.78 Å². The predicted molar refractivity (Wildman–Crippen MR) is 83.1 cm³/mol. The number of hydrogen-bond acceptors (Lipinski definition) is 2. The van der Waals surface area contributed by atoms with E-state index in [0.717, 1.165) is 9.64 Å². The summed E-state index contributed by atoms with van der Waals surface area (Å²) in [5.41, 5.74) is 6.75. The van der Waals surface area contributed by atoms with Crippen LogP contribution < -0.4 is 5.73 Å². The second-order valence-electron chi connectivity index (χ2n) is 4.13. The van der Waals surface area contributed by atoms with Gasteiger partial charge in [-0.3, -0.25) is 4.57 Å². The van der Waals surface area contributed by atoms with Crippen LogP contribution in [0.4, 0.5) is 14.7 Å². The molecule has 0 unspecified atom stereocenters. The van der Waals surface area contributed by atoms with Gasteiger partial charge in [0.15, 0.2) is 11.6 Å². The second-order valence-corrected chi connectivity index (χ2v) is 5.73. The van der Waals surface area contributed by atoms with Crippen LogP contribution in [0.3, 0.4) is 0 Å². The largest absolute Gasteiger partial charge is 0.369 e. The first-order valence-electron chi connectivity index (χ1n) is 5.56. The molecular formula is C13H7ClF2IN3. The van der Waals surface area contributed by atoms with Crippen molar-refractivity contribution >= 4 is 51.2 Å². The van der Waals surface area contributed by atoms with Crippen molar-refractivity contribution in [3.8, 4) is 5.69 Å². The van der Waals surface area contributed by atoms with Crippen LogP contribution in [-0.2, 0) is 0 Å². The van der Waals surface area contributed by atoms with Gasteiger partial charge >= 0.3 is 0 Å². The van der Waals surface area contributed by atoms with E-state index in [2.05, 4.69) is 27.6 Å². The van der Waals surface area contributed by atoms with E-state index >= 15 is 0 Å². The van der Waals surface area contributed by atoms with Crippen molar-refractivity contribution in [2.75, 3.05) is 5.73 Å². The van der Waals surface area contributed by atoms with Crippen molar-refractivity contribution in [3.63, 3.8) is 0 Å². The van der Waals surface area contributed by atoms with Crippen LogP contribution in [0.5, 0.6) is 0 Å². The third kappa shape index (κ3) is 2.03. The third-order valence-electron chi connectivity index (χ3n) is 2.89. The first-order chi connectivity index (χ1) is 9.49. The number of fused-ring (bicyclic) bond motifs is 1. The van der Waals surface area contributed by atoms with Gasteiger partial charge in [-0.2, -0.15) is 0 Å². The van der Waals surface area contributed by atoms with Gasteiger partial charge in [-0.15, -0.1) is 0 Å². The van der Waals surface area contributed by atoms with Crippen molar-refractivity contribution in [1.82, 2.24) is 9.55 Å². The molecule has 1 heterocycles. The van der Waals surface area contributed by atoms with Crippen LogP contribution in [0.15, 0.2) is 30.3 Å². The van der Waals surface area contributed by atoms with E-state index in [1.54, 1.807) is 18.2 Å². The van der Waals surface area contributed by atoms with Crippen molar-refractivity contribution in [1.29, 1.82) is 0 Å². The lowest BCUT2D eigenvalue weighted by Crippen LogP contribution is -2.04. The number of halogens is 4. The van der Waals surface area contributed by atoms with Gasteiger partial charge in [0.25, 0.3) is 0 Å². The van der Waals surface area contributed by atoms with E-state index in [-0.39, 0.29) is 11.5 Å². The highest BCUT2D eigenvalue weighted by molar-refractivity contribution is 14.1. The van der Waals surface area contributed by atoms with E-state index in [4.69, 9.17) is 17.3 Å². The SMILES string of the molecule is Nc1nc2ccc(F)c(F)c2n1-c1ccc(Cl)cc1I. The maximum atomic E-state index is 14.0. The fourth-order valence-corrected chi connectivity index (χ4v) is 3.14. The normalized spacial score (nSPS) is 11.2. The van der Waals surface area contributed by atoms with Gasteiger partial charge in [-0.25, -0.2) is 13.8 Å². The minimum absolute atomic E-state index is 0.0164. The summed E-state index contributed by atoms with van der Waals surface area (Å²) in [6.45, 7) is 0. The molecule has 0 aliphatic carbocycles. The highest BCUT2D eigenvalue weighted by atomic mass is 127. The smallest absolute Gasteiger partial charge is 0.206 e. The molecule has 1 aromatic heterocycles. The van der Waals surface area contributed by atoms with Crippen LogP contribution in [0, 0.1) is 15.2 Å². The van der Waals surface area contributed by atoms with Crippen LogP contribution in [0.1, 0.15) is 0 Å². The van der Waals surface area contributed by atoms with Crippen LogP contribution in [0.2, 0.25) is 5.02 Å². The number of nitrogens with two attached hydrogens (primary N) is 1. The lowest BCUT2D eigenvalue weighted by Gasteiger charge is -2.10. The van der Waals surface area contributed by atoms with E-state index in [1.165, 1.54) is 10.6 Å². The van der Waals surface area contributed by atoms with Gasteiger partial charge in [0.2, 0.25) is 5.95 Å². The summed E-state index contributed by atoms with van der Waals surface area (Å²) < 4.78 is 29.6. The Morgan fingerprint density at radius 2 is 1.95 bits per heavy atom. The molecule has 2 N–H and O–H groups in total. The monoisotopic (exact) mass is 405 g/mol. The zero-order chi connectivity index (χ0) is 14.4. The predicted octanol–water partition coefficient (Wildman–Crippen LogP) is 4.14. The summed E-state index contributed by atoms with van der Waals surface area (Å²) in [4.78, 5) is 4.05. The number of nitrogen functional groups attached to an aromatic ring is 1. The van der Waals surface area contributed by atoms with Crippen molar-refractivity contribution in [2.45, 2.75) is 0 Å². The summed E-state index contributed by atoms with van der Waals surface area (Å²) in [5, 5.41) is 0.549. The Morgan fingerprint density at radius 3 is 2.65 bits per heavy atom. The lowest BCUT2D eigenvalue weighted by atomic mass is 10.2. The number of aromatic nitrogens is 2. The van der Waals surface area contributed by atoms with E-state index in [0.29, 0.717) is 16.2 Å². The fraction of sp³-hybridized carbons (Fsp3) is 0. The number of hydrogen-bond donors (Lipinski definition) is 1. The molecule has 3 rings (SSSR count). The number of anilines is 1. The molecule has 0 aliphatic rings. The molecule has 0 spiro atoms. The second kappa shape index (κ2) is 4.85. The van der Waals surface area contributed by atoms with Gasteiger partial charge in [0, 0.05) is 8.59 Å². The van der Waals surface area contributed by atoms with E-state index < -0.39 is 11.6 Å². The molecule has 20 heavy (non-hydrogen) atoms. The molecule has 0 radical (unpaired) electrons. The standard InChI is InChI=1S/C13H7ClF2IN3/c14-6-1-4-10(8(17)5-6)20-12-9(19-13(20)18)3-2-7(15)11(12)16/h1-5H,(H2,18,19). The topological polar surface area (TPSA) is 43.8 Å². The molecule has 0 saturated carbocycles. The average Bonchev–Trinajstić information content (AvgIpc) is 2.72. The molecule has 3 nitrogen and oxygen atoms in total. The minimum Gasteiger partial charge on any atom is -0.369 e. The summed E-state index contributed by atoms with van der Waals surface area (Å²) >= 11 is 7.95. The maximum absolute atomic E-state index is 14.0. The molecule has 0 aliphatic heterocycles. The molecule has 0 fully saturated rings. The Bertz CT molecular complexity index is 832. The summed E-state index contributed by atoms with van der Waals surface area (Å²) in [7, 11) is 0. The van der Waals surface area contributed by atoms with Crippen LogP contribution >= 0.6 is 34.2 Å². The van der Waals surface area contributed by atoms with Gasteiger partial charge in [0.05, 0.1) is 11.2 Å². The van der Waals surface area contributed by atoms with Gasteiger partial charge in [-0.1, -0.05) is 11.6 Å².